The molecule has 1 aromatic carbocycles. The number of hydrogen-bond acceptors (Lipinski definition) is 5. The second kappa shape index (κ2) is 6.11. The number of nitrogens with zero attached hydrogens (tertiary/aromatic N) is 2. The molecule has 0 aliphatic carbocycles. The van der Waals surface area contributed by atoms with E-state index in [0.717, 1.165) is 22.3 Å². The summed E-state index contributed by atoms with van der Waals surface area (Å²) in [5.41, 5.74) is 4.07. The molecule has 0 saturated heterocycles. The molecule has 0 aliphatic rings. The maximum Gasteiger partial charge on any atom is 0.322 e. The summed E-state index contributed by atoms with van der Waals surface area (Å²) in [6, 6.07) is 8.07. The average Bonchev–Trinajstić information content (AvgIpc) is 3.13. The number of anilines is 1. The van der Waals surface area contributed by atoms with Gasteiger partial charge in [0, 0.05) is 10.9 Å². The third-order valence-corrected chi connectivity index (χ3v) is 3.98. The maximum absolute atomic E-state index is 12.1. The van der Waals surface area contributed by atoms with Crippen LogP contribution in [-0.4, -0.2) is 16.1 Å². The van der Waals surface area contributed by atoms with Gasteiger partial charge in [-0.1, -0.05) is 28.9 Å². The van der Waals surface area contributed by atoms with E-state index in [1.54, 1.807) is 11.3 Å². The van der Waals surface area contributed by atoms with Crippen molar-refractivity contribution in [1.29, 1.82) is 0 Å². The molecule has 0 atom stereocenters. The first-order chi connectivity index (χ1) is 10.6. The molecule has 2 aromatic heterocycles. The van der Waals surface area contributed by atoms with E-state index in [-0.39, 0.29) is 18.3 Å². The Morgan fingerprint density at radius 3 is 2.91 bits per heavy atom. The van der Waals surface area contributed by atoms with Crippen molar-refractivity contribution in [3.05, 3.63) is 51.7 Å². The number of amides is 1. The Hall–Kier alpha value is -2.47. The molecular weight excluding hydrogens is 298 g/mol. The Bertz CT molecular complexity index is 794. The van der Waals surface area contributed by atoms with Gasteiger partial charge in [-0.15, -0.1) is 5.10 Å². The van der Waals surface area contributed by atoms with Crippen molar-refractivity contribution in [2.45, 2.75) is 20.3 Å². The monoisotopic (exact) mass is 313 g/mol. The molecule has 112 valence electrons. The van der Waals surface area contributed by atoms with Gasteiger partial charge in [-0.2, -0.15) is 11.3 Å². The van der Waals surface area contributed by atoms with E-state index in [9.17, 15) is 4.79 Å². The van der Waals surface area contributed by atoms with Crippen LogP contribution in [0.15, 0.2) is 39.4 Å². The normalized spacial score (nSPS) is 10.6. The Kier molecular flexibility index (Phi) is 4.02. The van der Waals surface area contributed by atoms with Crippen LogP contribution in [-0.2, 0) is 11.2 Å². The number of aromatic nitrogens is 2. The van der Waals surface area contributed by atoms with Crippen molar-refractivity contribution in [2.75, 3.05) is 5.32 Å². The van der Waals surface area contributed by atoms with Gasteiger partial charge < -0.3 is 4.42 Å². The van der Waals surface area contributed by atoms with Crippen LogP contribution in [0.25, 0.3) is 11.5 Å². The Labute approximate surface area is 132 Å². The summed E-state index contributed by atoms with van der Waals surface area (Å²) in [5.74, 6) is 0.234. The molecule has 1 amide bonds. The molecule has 6 heteroatoms. The van der Waals surface area contributed by atoms with Gasteiger partial charge in [-0.3, -0.25) is 10.1 Å². The fraction of sp³-hybridized carbons (Fsp3) is 0.188. The summed E-state index contributed by atoms with van der Waals surface area (Å²) >= 11 is 1.55. The molecule has 3 rings (SSSR count). The molecule has 2 heterocycles. The average molecular weight is 313 g/mol. The van der Waals surface area contributed by atoms with Crippen LogP contribution >= 0.6 is 11.3 Å². The lowest BCUT2D eigenvalue weighted by Crippen LogP contribution is -2.15. The first-order valence-electron chi connectivity index (χ1n) is 6.84. The van der Waals surface area contributed by atoms with E-state index in [1.165, 1.54) is 0 Å². The molecule has 3 aromatic rings. The first-order valence-corrected chi connectivity index (χ1v) is 7.78. The zero-order chi connectivity index (χ0) is 15.5. The summed E-state index contributed by atoms with van der Waals surface area (Å²) in [5, 5.41) is 14.3. The van der Waals surface area contributed by atoms with Gasteiger partial charge in [0.05, 0.1) is 6.42 Å². The molecule has 0 bridgehead atoms. The first kappa shape index (κ1) is 14.5. The maximum atomic E-state index is 12.1. The number of carbonyl (C=O) groups excluding carboxylic acids is 1. The van der Waals surface area contributed by atoms with Crippen LogP contribution in [0.2, 0.25) is 0 Å². The number of carbonyl (C=O) groups is 1. The summed E-state index contributed by atoms with van der Waals surface area (Å²) in [6.07, 6.45) is 0.281. The molecule has 0 aliphatic heterocycles. The van der Waals surface area contributed by atoms with Gasteiger partial charge in [-0.05, 0) is 36.4 Å². The molecule has 5 nitrogen and oxygen atoms in total. The highest BCUT2D eigenvalue weighted by Crippen LogP contribution is 2.22. The second-order valence-electron chi connectivity index (χ2n) is 5.08. The van der Waals surface area contributed by atoms with Crippen LogP contribution in [0.5, 0.6) is 0 Å². The standard InChI is InChI=1S/C16H15N3O2S/c1-10-3-4-11(2)13(7-10)8-14(20)17-16-19-18-15(21-16)12-5-6-22-9-12/h3-7,9H,8H2,1-2H3,(H,17,19,20). The van der Waals surface area contributed by atoms with Gasteiger partial charge in [0.15, 0.2) is 0 Å². The van der Waals surface area contributed by atoms with Crippen molar-refractivity contribution in [1.82, 2.24) is 10.2 Å². The van der Waals surface area contributed by atoms with E-state index in [0.29, 0.717) is 5.89 Å². The van der Waals surface area contributed by atoms with Gasteiger partial charge >= 0.3 is 6.01 Å². The predicted octanol–water partition coefficient (Wildman–Crippen LogP) is 3.60. The minimum absolute atomic E-state index is 0.122. The number of aryl methyl sites for hydroxylation is 2. The summed E-state index contributed by atoms with van der Waals surface area (Å²) < 4.78 is 5.44. The van der Waals surface area contributed by atoms with Crippen LogP contribution in [0.1, 0.15) is 16.7 Å². The highest BCUT2D eigenvalue weighted by Gasteiger charge is 2.12. The quantitative estimate of drug-likeness (QED) is 0.799. The highest BCUT2D eigenvalue weighted by molar-refractivity contribution is 7.08. The van der Waals surface area contributed by atoms with Crippen molar-refractivity contribution >= 4 is 23.3 Å². The third kappa shape index (κ3) is 3.23. The van der Waals surface area contributed by atoms with Crippen LogP contribution in [0.3, 0.4) is 0 Å². The molecule has 0 fully saturated rings. The van der Waals surface area contributed by atoms with Gasteiger partial charge in [0.1, 0.15) is 0 Å². The zero-order valence-electron chi connectivity index (χ0n) is 12.3. The Morgan fingerprint density at radius 1 is 1.27 bits per heavy atom. The van der Waals surface area contributed by atoms with Crippen molar-refractivity contribution in [2.24, 2.45) is 0 Å². The Balaban J connectivity index is 1.68. The number of benzene rings is 1. The van der Waals surface area contributed by atoms with E-state index in [2.05, 4.69) is 15.5 Å². The second-order valence-corrected chi connectivity index (χ2v) is 5.86. The minimum Gasteiger partial charge on any atom is -0.403 e. The molecule has 0 radical (unpaired) electrons. The van der Waals surface area contributed by atoms with Crippen LogP contribution < -0.4 is 5.32 Å². The Morgan fingerprint density at radius 2 is 2.14 bits per heavy atom. The number of hydrogen-bond donors (Lipinski definition) is 1. The number of nitrogens with one attached hydrogen (secondary N) is 1. The van der Waals surface area contributed by atoms with E-state index >= 15 is 0 Å². The largest absolute Gasteiger partial charge is 0.403 e. The molecule has 0 saturated carbocycles. The SMILES string of the molecule is Cc1ccc(C)c(CC(=O)Nc2nnc(-c3ccsc3)o2)c1. The van der Waals surface area contributed by atoms with Crippen molar-refractivity contribution < 1.29 is 9.21 Å². The molecule has 1 N–H and O–H groups in total. The smallest absolute Gasteiger partial charge is 0.322 e. The number of rotatable bonds is 4. The zero-order valence-corrected chi connectivity index (χ0v) is 13.1. The third-order valence-electron chi connectivity index (χ3n) is 3.30. The van der Waals surface area contributed by atoms with Crippen molar-refractivity contribution in [3.63, 3.8) is 0 Å². The van der Waals surface area contributed by atoms with Gasteiger partial charge in [0.25, 0.3) is 5.89 Å². The summed E-state index contributed by atoms with van der Waals surface area (Å²) in [6.45, 7) is 4.00. The van der Waals surface area contributed by atoms with E-state index in [4.69, 9.17) is 4.42 Å². The molecule has 0 spiro atoms. The van der Waals surface area contributed by atoms with E-state index < -0.39 is 0 Å². The van der Waals surface area contributed by atoms with Gasteiger partial charge in [-0.25, -0.2) is 0 Å². The lowest BCUT2D eigenvalue weighted by molar-refractivity contribution is -0.115. The predicted molar refractivity (Wildman–Crippen MR) is 85.9 cm³/mol. The minimum atomic E-state index is -0.172. The summed E-state index contributed by atoms with van der Waals surface area (Å²) in [4.78, 5) is 12.1. The van der Waals surface area contributed by atoms with Crippen LogP contribution in [0, 0.1) is 13.8 Å². The highest BCUT2D eigenvalue weighted by atomic mass is 32.1. The lowest BCUT2D eigenvalue weighted by Gasteiger charge is -2.06. The van der Waals surface area contributed by atoms with Gasteiger partial charge in [0.2, 0.25) is 5.91 Å². The van der Waals surface area contributed by atoms with Crippen LogP contribution in [0.4, 0.5) is 6.01 Å². The fourth-order valence-electron chi connectivity index (χ4n) is 2.10. The number of thiophene rings is 1. The van der Waals surface area contributed by atoms with Crippen molar-refractivity contribution in [3.8, 4) is 11.5 Å². The lowest BCUT2D eigenvalue weighted by atomic mass is 10.0. The fourth-order valence-corrected chi connectivity index (χ4v) is 2.73. The summed E-state index contributed by atoms with van der Waals surface area (Å²) in [7, 11) is 0. The molecular formula is C16H15N3O2S. The molecule has 0 unspecified atom stereocenters. The molecule has 22 heavy (non-hydrogen) atoms. The topological polar surface area (TPSA) is 68.0 Å². The van der Waals surface area contributed by atoms with E-state index in [1.807, 2.05) is 48.9 Å².